The van der Waals surface area contributed by atoms with E-state index in [0.717, 1.165) is 33.6 Å². The number of anilines is 2. The van der Waals surface area contributed by atoms with Crippen molar-refractivity contribution in [1.29, 1.82) is 0 Å². The van der Waals surface area contributed by atoms with Crippen LogP contribution in [-0.2, 0) is 45.1 Å². The van der Waals surface area contributed by atoms with Crippen LogP contribution >= 0.6 is 0 Å². The molecule has 0 aliphatic rings. The molecule has 0 radical (unpaired) electrons. The smallest absolute Gasteiger partial charge is 0.410 e. The molecule has 1 heterocycles. The number of carbonyl (C=O) groups is 2. The van der Waals surface area contributed by atoms with Crippen molar-refractivity contribution >= 4 is 23.6 Å². The summed E-state index contributed by atoms with van der Waals surface area (Å²) in [6, 6.07) is 36.6. The normalized spacial score (nSPS) is 10.7. The van der Waals surface area contributed by atoms with Crippen LogP contribution in [0.1, 0.15) is 22.3 Å². The molecule has 5 rings (SSSR count). The maximum atomic E-state index is 13.2. The number of aromatic nitrogens is 1. The first kappa shape index (κ1) is 48.3. The summed E-state index contributed by atoms with van der Waals surface area (Å²) < 4.78 is 44.8. The lowest BCUT2D eigenvalue weighted by atomic mass is 10.1. The Morgan fingerprint density at radius 1 is 0.453 bits per heavy atom. The van der Waals surface area contributed by atoms with Gasteiger partial charge in [-0.05, 0) is 70.8 Å². The van der Waals surface area contributed by atoms with Crippen LogP contribution in [0.4, 0.5) is 21.0 Å². The van der Waals surface area contributed by atoms with Crippen molar-refractivity contribution in [3.05, 3.63) is 138 Å². The summed E-state index contributed by atoms with van der Waals surface area (Å²) in [5, 5.41) is 0. The van der Waals surface area contributed by atoms with Gasteiger partial charge in [0.25, 0.3) is 0 Å². The Bertz CT molecular complexity index is 2010. The molecule has 0 aliphatic carbocycles. The lowest BCUT2D eigenvalue weighted by Crippen LogP contribution is -2.31. The zero-order valence-electron chi connectivity index (χ0n) is 37.8. The van der Waals surface area contributed by atoms with Gasteiger partial charge in [0.05, 0.1) is 40.6 Å². The van der Waals surface area contributed by atoms with Crippen LogP contribution in [0, 0.1) is 0 Å². The van der Waals surface area contributed by atoms with E-state index in [1.165, 1.54) is 0 Å². The number of hydrogen-bond acceptors (Lipinski definition) is 13. The van der Waals surface area contributed by atoms with Crippen LogP contribution in [0.3, 0.4) is 0 Å². The monoisotopic (exact) mass is 879 g/mol. The van der Waals surface area contributed by atoms with Gasteiger partial charge in [-0.2, -0.15) is 4.98 Å². The van der Waals surface area contributed by atoms with Crippen LogP contribution in [0.5, 0.6) is 23.3 Å². The largest absolute Gasteiger partial charge is 0.497 e. The zero-order valence-corrected chi connectivity index (χ0v) is 37.8. The minimum Gasteiger partial charge on any atom is -0.497 e. The molecule has 342 valence electrons. The van der Waals surface area contributed by atoms with E-state index >= 15 is 0 Å². The SMILES string of the molecule is COc1cccc(CN(Cc2ccc(N(C)C)cc2)C(=O)OCCOCCOc2cccc(OCCOCCOC(=O)N(Cc3ccc(N(C)C)cc3)Cc3cccc(OC)c3)n2)c1. The number of nitrogens with zero attached hydrogens (tertiary/aromatic N) is 5. The Labute approximate surface area is 376 Å². The van der Waals surface area contributed by atoms with Gasteiger partial charge < -0.3 is 47.7 Å². The minimum atomic E-state index is -0.449. The van der Waals surface area contributed by atoms with Crippen LogP contribution in [0.2, 0.25) is 0 Å². The molecule has 15 nitrogen and oxygen atoms in total. The van der Waals surface area contributed by atoms with Crippen LogP contribution in [0.25, 0.3) is 0 Å². The zero-order chi connectivity index (χ0) is 45.5. The predicted molar refractivity (Wildman–Crippen MR) is 246 cm³/mol. The number of hydrogen-bond donors (Lipinski definition) is 0. The third-order valence-electron chi connectivity index (χ3n) is 9.74. The standard InChI is InChI=1S/C49H61N5O10/c1-51(2)42-20-16-38(17-21-42)34-53(36-40-10-7-12-44(32-40)57-5)48(55)63-30-26-59-24-28-61-46-14-9-15-47(50-46)62-29-25-60-27-31-64-49(56)54(37-41-11-8-13-45(33-41)58-6)35-39-18-22-43(23-19-39)52(3)4/h7-23,32-33H,24-31,34-37H2,1-6H3. The number of methoxy groups -OCH3 is 2. The minimum absolute atomic E-state index is 0.0776. The molecule has 15 heteroatoms. The Morgan fingerprint density at radius 2 is 0.828 bits per heavy atom. The lowest BCUT2D eigenvalue weighted by Gasteiger charge is -2.23. The summed E-state index contributed by atoms with van der Waals surface area (Å²) in [5.41, 5.74) is 5.95. The highest BCUT2D eigenvalue weighted by molar-refractivity contribution is 5.68. The molecule has 0 N–H and O–H groups in total. The molecule has 5 aromatic rings. The molecule has 4 aromatic carbocycles. The molecule has 0 aliphatic heterocycles. The van der Waals surface area contributed by atoms with Crippen molar-refractivity contribution in [1.82, 2.24) is 14.8 Å². The van der Waals surface area contributed by atoms with E-state index < -0.39 is 12.2 Å². The number of amides is 2. The summed E-state index contributed by atoms with van der Waals surface area (Å²) in [5.74, 6) is 2.18. The molecule has 0 atom stereocenters. The van der Waals surface area contributed by atoms with Crippen LogP contribution < -0.4 is 28.7 Å². The van der Waals surface area contributed by atoms with Crippen molar-refractivity contribution in [3.63, 3.8) is 0 Å². The van der Waals surface area contributed by atoms with E-state index in [4.69, 9.17) is 37.9 Å². The van der Waals surface area contributed by atoms with Gasteiger partial charge in [0.2, 0.25) is 11.8 Å². The Hall–Kier alpha value is -6.71. The molecule has 0 unspecified atom stereocenters. The van der Waals surface area contributed by atoms with Crippen molar-refractivity contribution in [2.24, 2.45) is 0 Å². The van der Waals surface area contributed by atoms with Gasteiger partial charge in [-0.1, -0.05) is 54.6 Å². The number of benzene rings is 4. The molecular formula is C49H61N5O10. The molecule has 1 aromatic heterocycles. The molecular weight excluding hydrogens is 819 g/mol. The Morgan fingerprint density at radius 3 is 1.22 bits per heavy atom. The second-order valence-corrected chi connectivity index (χ2v) is 15.0. The molecule has 0 spiro atoms. The number of rotatable bonds is 26. The topological polar surface area (TPSA) is 134 Å². The molecule has 64 heavy (non-hydrogen) atoms. The summed E-state index contributed by atoms with van der Waals surface area (Å²) >= 11 is 0. The van der Waals surface area contributed by atoms with E-state index in [1.54, 1.807) is 42.2 Å². The number of carbonyl (C=O) groups excluding carboxylic acids is 2. The van der Waals surface area contributed by atoms with Crippen LogP contribution in [0.15, 0.2) is 115 Å². The number of ether oxygens (including phenoxy) is 8. The van der Waals surface area contributed by atoms with Gasteiger partial charge in [-0.25, -0.2) is 9.59 Å². The van der Waals surface area contributed by atoms with Gasteiger partial charge >= 0.3 is 12.2 Å². The first-order valence-corrected chi connectivity index (χ1v) is 21.1. The first-order chi connectivity index (χ1) is 31.1. The van der Waals surface area contributed by atoms with Gasteiger partial charge in [0, 0.05) is 77.9 Å². The van der Waals surface area contributed by atoms with Gasteiger partial charge in [0.15, 0.2) is 0 Å². The second kappa shape index (κ2) is 26.0. The average Bonchev–Trinajstić information content (AvgIpc) is 3.31. The van der Waals surface area contributed by atoms with Gasteiger partial charge in [0.1, 0.15) is 37.9 Å². The molecule has 0 saturated carbocycles. The Kier molecular flexibility index (Phi) is 19.7. The fourth-order valence-corrected chi connectivity index (χ4v) is 6.32. The highest BCUT2D eigenvalue weighted by Gasteiger charge is 2.19. The highest BCUT2D eigenvalue weighted by atomic mass is 16.6. The number of pyridine rings is 1. The maximum Gasteiger partial charge on any atom is 0.410 e. The fraction of sp³-hybridized carbons (Fsp3) is 0.367. The van der Waals surface area contributed by atoms with Gasteiger partial charge in [-0.15, -0.1) is 0 Å². The van der Waals surface area contributed by atoms with E-state index in [2.05, 4.69) is 4.98 Å². The second-order valence-electron chi connectivity index (χ2n) is 15.0. The van der Waals surface area contributed by atoms with Crippen molar-refractivity contribution < 1.29 is 47.5 Å². The maximum absolute atomic E-state index is 13.2. The molecule has 0 bridgehead atoms. The van der Waals surface area contributed by atoms with E-state index in [-0.39, 0.29) is 52.9 Å². The summed E-state index contributed by atoms with van der Waals surface area (Å²) in [6.45, 7) is 2.98. The Balaban J connectivity index is 0.972. The molecule has 0 fully saturated rings. The summed E-state index contributed by atoms with van der Waals surface area (Å²) in [7, 11) is 11.2. The van der Waals surface area contributed by atoms with E-state index in [1.807, 2.05) is 135 Å². The quantitative estimate of drug-likeness (QED) is 0.0503. The van der Waals surface area contributed by atoms with Crippen LogP contribution in [-0.4, -0.2) is 122 Å². The molecule has 0 saturated heterocycles. The summed E-state index contributed by atoms with van der Waals surface area (Å²) in [4.78, 5) is 38.2. The third-order valence-corrected chi connectivity index (χ3v) is 9.74. The van der Waals surface area contributed by atoms with Crippen molar-refractivity contribution in [3.8, 4) is 23.3 Å². The summed E-state index contributed by atoms with van der Waals surface area (Å²) in [6.07, 6.45) is -0.897. The fourth-order valence-electron chi connectivity index (χ4n) is 6.32. The van der Waals surface area contributed by atoms with E-state index in [0.29, 0.717) is 49.4 Å². The molecule has 2 amide bonds. The average molecular weight is 880 g/mol. The first-order valence-electron chi connectivity index (χ1n) is 21.1. The lowest BCUT2D eigenvalue weighted by molar-refractivity contribution is 0.0410. The highest BCUT2D eigenvalue weighted by Crippen LogP contribution is 2.21. The van der Waals surface area contributed by atoms with Crippen molar-refractivity contribution in [2.75, 3.05) is 105 Å². The third kappa shape index (κ3) is 16.5. The van der Waals surface area contributed by atoms with Crippen molar-refractivity contribution in [2.45, 2.75) is 26.2 Å². The van der Waals surface area contributed by atoms with Gasteiger partial charge in [-0.3, -0.25) is 9.80 Å². The van der Waals surface area contributed by atoms with E-state index in [9.17, 15) is 9.59 Å². The predicted octanol–water partition coefficient (Wildman–Crippen LogP) is 7.70.